The molecule has 4 nitrogen and oxygen atoms in total. The van der Waals surface area contributed by atoms with Crippen molar-refractivity contribution in [3.63, 3.8) is 0 Å². The maximum atomic E-state index is 13.1. The molecule has 0 aromatic heterocycles. The highest BCUT2D eigenvalue weighted by molar-refractivity contribution is 5.16. The van der Waals surface area contributed by atoms with Crippen LogP contribution < -0.4 is 0 Å². The Hall–Kier alpha value is -1.01. The fourth-order valence-electron chi connectivity index (χ4n) is 5.27. The van der Waals surface area contributed by atoms with Crippen LogP contribution >= 0.6 is 0 Å². The first-order valence-corrected chi connectivity index (χ1v) is 11.8. The molecule has 3 fully saturated rings. The van der Waals surface area contributed by atoms with Crippen molar-refractivity contribution >= 4 is 0 Å². The van der Waals surface area contributed by atoms with Crippen LogP contribution in [0.3, 0.4) is 0 Å². The number of hydrogen-bond donors (Lipinski definition) is 0. The predicted molar refractivity (Wildman–Crippen MR) is 115 cm³/mol. The second kappa shape index (κ2) is 10.9. The average Bonchev–Trinajstić information content (AvgIpc) is 2.76. The number of likely N-dealkylation sites (tertiary alicyclic amines) is 1. The number of fused-ring (bicyclic) bond motifs is 1. The molecule has 1 aromatic rings. The van der Waals surface area contributed by atoms with Crippen molar-refractivity contribution in [2.75, 3.05) is 59.0 Å². The van der Waals surface area contributed by atoms with E-state index in [9.17, 15) is 4.39 Å². The lowest BCUT2D eigenvalue weighted by Crippen LogP contribution is -2.56. The van der Waals surface area contributed by atoms with Gasteiger partial charge in [-0.15, -0.1) is 0 Å². The Kier molecular flexibility index (Phi) is 7.94. The Morgan fingerprint density at radius 1 is 0.897 bits per heavy atom. The van der Waals surface area contributed by atoms with Crippen molar-refractivity contribution < 1.29 is 9.13 Å². The monoisotopic (exact) mass is 403 g/mol. The highest BCUT2D eigenvalue weighted by Gasteiger charge is 2.32. The van der Waals surface area contributed by atoms with E-state index in [0.29, 0.717) is 12.0 Å². The SMILES string of the molecule is Fc1ccc(CN2CCN3C[C@H](COCCCN4CCCCC4)CC[C@H]3C2)cc1. The van der Waals surface area contributed by atoms with Crippen LogP contribution in [-0.4, -0.2) is 79.8 Å². The molecule has 3 aliphatic heterocycles. The fraction of sp³-hybridized carbons (Fsp3) is 0.750. The zero-order chi connectivity index (χ0) is 19.9. The summed E-state index contributed by atoms with van der Waals surface area (Å²) in [6.07, 6.45) is 7.91. The van der Waals surface area contributed by atoms with Crippen LogP contribution in [0, 0.1) is 11.7 Å². The molecule has 5 heteroatoms. The number of hydrogen-bond acceptors (Lipinski definition) is 4. The lowest BCUT2D eigenvalue weighted by atomic mass is 9.91. The molecular weight excluding hydrogens is 365 g/mol. The highest BCUT2D eigenvalue weighted by atomic mass is 19.1. The molecule has 0 saturated carbocycles. The number of halogens is 1. The van der Waals surface area contributed by atoms with Crippen molar-refractivity contribution in [3.05, 3.63) is 35.6 Å². The number of piperazine rings is 1. The van der Waals surface area contributed by atoms with Crippen LogP contribution in [0.1, 0.15) is 44.1 Å². The first-order valence-electron chi connectivity index (χ1n) is 11.8. The molecule has 2 atom stereocenters. The van der Waals surface area contributed by atoms with Gasteiger partial charge < -0.3 is 9.64 Å². The van der Waals surface area contributed by atoms with Crippen molar-refractivity contribution in [2.45, 2.75) is 51.1 Å². The minimum Gasteiger partial charge on any atom is -0.381 e. The summed E-state index contributed by atoms with van der Waals surface area (Å²) in [4.78, 5) is 7.82. The molecule has 3 heterocycles. The van der Waals surface area contributed by atoms with Crippen LogP contribution in [0.5, 0.6) is 0 Å². The number of nitrogens with zero attached hydrogens (tertiary/aromatic N) is 3. The summed E-state index contributed by atoms with van der Waals surface area (Å²) in [6, 6.07) is 7.66. The van der Waals surface area contributed by atoms with Gasteiger partial charge in [-0.2, -0.15) is 0 Å². The molecule has 0 spiro atoms. The summed E-state index contributed by atoms with van der Waals surface area (Å²) in [7, 11) is 0. The van der Waals surface area contributed by atoms with Gasteiger partial charge in [-0.1, -0.05) is 18.6 Å². The largest absolute Gasteiger partial charge is 0.381 e. The van der Waals surface area contributed by atoms with Crippen LogP contribution in [-0.2, 0) is 11.3 Å². The molecule has 162 valence electrons. The zero-order valence-corrected chi connectivity index (χ0v) is 17.9. The Morgan fingerprint density at radius 2 is 1.72 bits per heavy atom. The summed E-state index contributed by atoms with van der Waals surface area (Å²) in [5.41, 5.74) is 1.21. The van der Waals surface area contributed by atoms with Crippen molar-refractivity contribution in [1.82, 2.24) is 14.7 Å². The Labute approximate surface area is 176 Å². The lowest BCUT2D eigenvalue weighted by molar-refractivity contribution is -0.00316. The first-order chi connectivity index (χ1) is 14.3. The Balaban J connectivity index is 1.11. The minimum atomic E-state index is -0.148. The Morgan fingerprint density at radius 3 is 2.55 bits per heavy atom. The third-order valence-corrected chi connectivity index (χ3v) is 6.97. The van der Waals surface area contributed by atoms with E-state index in [1.165, 1.54) is 70.3 Å². The van der Waals surface area contributed by atoms with E-state index < -0.39 is 0 Å². The van der Waals surface area contributed by atoms with E-state index in [2.05, 4.69) is 14.7 Å². The van der Waals surface area contributed by atoms with E-state index in [4.69, 9.17) is 4.74 Å². The third kappa shape index (κ3) is 6.48. The molecular formula is C24H38FN3O. The molecule has 0 N–H and O–H groups in total. The van der Waals surface area contributed by atoms with Gasteiger partial charge in [0, 0.05) is 51.9 Å². The van der Waals surface area contributed by atoms with Crippen LogP contribution in [0.4, 0.5) is 4.39 Å². The summed E-state index contributed by atoms with van der Waals surface area (Å²) >= 11 is 0. The predicted octanol–water partition coefficient (Wildman–Crippen LogP) is 3.61. The van der Waals surface area contributed by atoms with Crippen LogP contribution in [0.2, 0.25) is 0 Å². The van der Waals surface area contributed by atoms with Gasteiger partial charge in [0.25, 0.3) is 0 Å². The van der Waals surface area contributed by atoms with Gasteiger partial charge in [0.2, 0.25) is 0 Å². The van der Waals surface area contributed by atoms with E-state index in [1.54, 1.807) is 12.1 Å². The van der Waals surface area contributed by atoms with Gasteiger partial charge in [0.05, 0.1) is 6.61 Å². The minimum absolute atomic E-state index is 0.148. The second-order valence-electron chi connectivity index (χ2n) is 9.28. The van der Waals surface area contributed by atoms with Gasteiger partial charge >= 0.3 is 0 Å². The van der Waals surface area contributed by atoms with Gasteiger partial charge in [-0.05, 0) is 68.8 Å². The smallest absolute Gasteiger partial charge is 0.123 e. The highest BCUT2D eigenvalue weighted by Crippen LogP contribution is 2.26. The van der Waals surface area contributed by atoms with Crippen molar-refractivity contribution in [1.29, 1.82) is 0 Å². The lowest BCUT2D eigenvalue weighted by Gasteiger charge is -2.46. The summed E-state index contributed by atoms with van der Waals surface area (Å²) < 4.78 is 19.2. The summed E-state index contributed by atoms with van der Waals surface area (Å²) in [5.74, 6) is 0.551. The first kappa shape index (κ1) is 21.2. The van der Waals surface area contributed by atoms with Crippen molar-refractivity contribution in [2.24, 2.45) is 5.92 Å². The Bertz CT molecular complexity index is 605. The summed E-state index contributed by atoms with van der Waals surface area (Å²) in [5, 5.41) is 0. The molecule has 0 aliphatic carbocycles. The molecule has 29 heavy (non-hydrogen) atoms. The van der Waals surface area contributed by atoms with E-state index in [0.717, 1.165) is 39.4 Å². The molecule has 0 radical (unpaired) electrons. The molecule has 0 amide bonds. The molecule has 1 aromatic carbocycles. The van der Waals surface area contributed by atoms with E-state index >= 15 is 0 Å². The maximum Gasteiger partial charge on any atom is 0.123 e. The van der Waals surface area contributed by atoms with E-state index in [1.807, 2.05) is 12.1 Å². The molecule has 3 aliphatic rings. The number of rotatable bonds is 8. The van der Waals surface area contributed by atoms with Crippen molar-refractivity contribution in [3.8, 4) is 0 Å². The molecule has 4 rings (SSSR count). The fourth-order valence-corrected chi connectivity index (χ4v) is 5.27. The van der Waals surface area contributed by atoms with Gasteiger partial charge in [0.1, 0.15) is 5.82 Å². The number of ether oxygens (including phenoxy) is 1. The molecule has 0 bridgehead atoms. The number of piperidine rings is 2. The summed E-state index contributed by atoms with van der Waals surface area (Å²) in [6.45, 7) is 11.2. The quantitative estimate of drug-likeness (QED) is 0.617. The third-order valence-electron chi connectivity index (χ3n) is 6.97. The topological polar surface area (TPSA) is 19.0 Å². The van der Waals surface area contributed by atoms with Crippen LogP contribution in [0.25, 0.3) is 0 Å². The average molecular weight is 404 g/mol. The van der Waals surface area contributed by atoms with Gasteiger partial charge in [0.15, 0.2) is 0 Å². The van der Waals surface area contributed by atoms with Gasteiger partial charge in [-0.3, -0.25) is 9.80 Å². The normalized spacial score (nSPS) is 27.1. The van der Waals surface area contributed by atoms with E-state index in [-0.39, 0.29) is 5.82 Å². The number of benzene rings is 1. The maximum absolute atomic E-state index is 13.1. The molecule has 0 unspecified atom stereocenters. The van der Waals surface area contributed by atoms with Crippen LogP contribution in [0.15, 0.2) is 24.3 Å². The second-order valence-corrected chi connectivity index (χ2v) is 9.28. The van der Waals surface area contributed by atoms with Gasteiger partial charge in [-0.25, -0.2) is 4.39 Å². The molecule has 3 saturated heterocycles. The standard InChI is InChI=1S/C24H38FN3O/c25-23-8-5-21(6-9-23)17-27-14-15-28-18-22(7-10-24(28)19-27)20-29-16-4-13-26-11-2-1-3-12-26/h5-6,8-9,22,24H,1-4,7,10-20H2/t22-,24+/m1/s1. The zero-order valence-electron chi connectivity index (χ0n) is 17.9.